The highest BCUT2D eigenvalue weighted by molar-refractivity contribution is 6.34. The number of carboxylic acid groups (broad SMARTS) is 1. The number of nitrogens with zero attached hydrogens (tertiary/aromatic N) is 3. The lowest BCUT2D eigenvalue weighted by atomic mass is 10.00. The van der Waals surface area contributed by atoms with Crippen molar-refractivity contribution in [2.45, 2.75) is 51.7 Å². The first kappa shape index (κ1) is 33.5. The number of hydrogen-bond donors (Lipinski definition) is 2. The molecule has 0 aromatic heterocycles. The van der Waals surface area contributed by atoms with Gasteiger partial charge in [-0.15, -0.1) is 0 Å². The van der Waals surface area contributed by atoms with E-state index in [1.807, 2.05) is 68.4 Å². The Morgan fingerprint density at radius 2 is 1.68 bits per heavy atom. The zero-order valence-electron chi connectivity index (χ0n) is 26.7. The van der Waals surface area contributed by atoms with Gasteiger partial charge in [-0.05, 0) is 111 Å². The zero-order valence-corrected chi connectivity index (χ0v) is 27.4. The van der Waals surface area contributed by atoms with Crippen molar-refractivity contribution in [3.63, 3.8) is 0 Å². The molecular weight excluding hydrogens is 612 g/mol. The first-order valence-corrected chi connectivity index (χ1v) is 16.2. The minimum absolute atomic E-state index is 0.00986. The number of hydrogen-bond acceptors (Lipinski definition) is 6. The summed E-state index contributed by atoms with van der Waals surface area (Å²) >= 11 is 6.30. The first-order valence-electron chi connectivity index (χ1n) is 15.9. The maximum atomic E-state index is 12.9. The molecule has 9 heteroatoms. The van der Waals surface area contributed by atoms with Crippen molar-refractivity contribution in [3.8, 4) is 17.6 Å². The molecule has 1 unspecified atom stereocenters. The molecule has 0 spiro atoms. The van der Waals surface area contributed by atoms with E-state index in [0.717, 1.165) is 55.7 Å². The Hall–Kier alpha value is -4.84. The van der Waals surface area contributed by atoms with Crippen molar-refractivity contribution in [1.29, 1.82) is 5.26 Å². The first-order chi connectivity index (χ1) is 22.7. The third-order valence-corrected chi connectivity index (χ3v) is 8.93. The molecule has 1 saturated heterocycles. The van der Waals surface area contributed by atoms with Crippen LogP contribution in [0.25, 0.3) is 0 Å². The highest BCUT2D eigenvalue weighted by atomic mass is 35.5. The molecule has 1 atom stereocenters. The summed E-state index contributed by atoms with van der Waals surface area (Å²) in [5, 5.41) is 22.2. The molecule has 4 aromatic carbocycles. The summed E-state index contributed by atoms with van der Waals surface area (Å²) in [5.41, 5.74) is 4.38. The minimum Gasteiger partial charge on any atom is -0.478 e. The Kier molecular flexibility index (Phi) is 11.2. The lowest BCUT2D eigenvalue weighted by Gasteiger charge is -2.40. The molecule has 0 radical (unpaired) electrons. The van der Waals surface area contributed by atoms with E-state index >= 15 is 0 Å². The molecule has 1 fully saturated rings. The van der Waals surface area contributed by atoms with E-state index in [0.29, 0.717) is 40.2 Å². The van der Waals surface area contributed by atoms with E-state index in [-0.39, 0.29) is 17.5 Å². The second-order valence-corrected chi connectivity index (χ2v) is 12.4. The quantitative estimate of drug-likeness (QED) is 0.162. The van der Waals surface area contributed by atoms with Gasteiger partial charge < -0.3 is 25.0 Å². The van der Waals surface area contributed by atoms with Crippen LogP contribution in [0.1, 0.15) is 63.6 Å². The number of nitriles is 1. The van der Waals surface area contributed by atoms with Crippen LogP contribution in [0.3, 0.4) is 0 Å². The van der Waals surface area contributed by atoms with Gasteiger partial charge in [-0.1, -0.05) is 35.9 Å². The number of piperidine rings is 1. The molecule has 0 aliphatic carbocycles. The van der Waals surface area contributed by atoms with Crippen LogP contribution in [0, 0.1) is 18.3 Å². The van der Waals surface area contributed by atoms with E-state index in [9.17, 15) is 14.9 Å². The Balaban J connectivity index is 1.21. The number of halogens is 1. The molecule has 1 amide bonds. The van der Waals surface area contributed by atoms with Crippen molar-refractivity contribution >= 4 is 29.2 Å². The van der Waals surface area contributed by atoms with E-state index in [1.165, 1.54) is 12.1 Å². The van der Waals surface area contributed by atoms with Gasteiger partial charge in [-0.2, -0.15) is 5.26 Å². The Morgan fingerprint density at radius 3 is 2.32 bits per heavy atom. The number of anilines is 1. The molecule has 242 valence electrons. The number of amides is 1. The number of carboxylic acids is 1. The van der Waals surface area contributed by atoms with E-state index in [2.05, 4.69) is 27.3 Å². The average molecular weight is 651 g/mol. The molecule has 47 heavy (non-hydrogen) atoms. The number of likely N-dealkylation sites (tertiary alicyclic amines) is 1. The number of aromatic carboxylic acids is 1. The van der Waals surface area contributed by atoms with Crippen LogP contribution >= 0.6 is 11.6 Å². The van der Waals surface area contributed by atoms with Gasteiger partial charge in [0, 0.05) is 44.0 Å². The number of aryl methyl sites for hydroxylation is 1. The second-order valence-electron chi connectivity index (χ2n) is 12.0. The summed E-state index contributed by atoms with van der Waals surface area (Å²) in [6, 6.07) is 30.1. The maximum Gasteiger partial charge on any atom is 0.335 e. The zero-order chi connectivity index (χ0) is 33.3. The summed E-state index contributed by atoms with van der Waals surface area (Å²) in [5.74, 6) is 0.106. The van der Waals surface area contributed by atoms with Crippen molar-refractivity contribution in [1.82, 2.24) is 10.2 Å². The summed E-state index contributed by atoms with van der Waals surface area (Å²) in [6.45, 7) is 7.37. The molecular formula is C38H39ClN4O4. The largest absolute Gasteiger partial charge is 0.478 e. The lowest BCUT2D eigenvalue weighted by Crippen LogP contribution is -2.46. The maximum absolute atomic E-state index is 12.9. The molecule has 1 heterocycles. The summed E-state index contributed by atoms with van der Waals surface area (Å²) < 4.78 is 5.98. The molecule has 0 bridgehead atoms. The number of rotatable bonds is 12. The number of carbonyl (C=O) groups is 2. The Labute approximate surface area is 281 Å². The van der Waals surface area contributed by atoms with Crippen molar-refractivity contribution < 1.29 is 19.4 Å². The van der Waals surface area contributed by atoms with Crippen molar-refractivity contribution in [2.75, 3.05) is 24.5 Å². The van der Waals surface area contributed by atoms with Gasteiger partial charge in [0.2, 0.25) is 0 Å². The predicted octanol–water partition coefficient (Wildman–Crippen LogP) is 7.69. The summed E-state index contributed by atoms with van der Waals surface area (Å²) in [4.78, 5) is 28.9. The normalized spacial score (nSPS) is 14.2. The lowest BCUT2D eigenvalue weighted by molar-refractivity contribution is 0.0696. The van der Waals surface area contributed by atoms with Gasteiger partial charge in [0.05, 0.1) is 27.8 Å². The summed E-state index contributed by atoms with van der Waals surface area (Å²) in [7, 11) is 0. The van der Waals surface area contributed by atoms with Gasteiger partial charge in [0.15, 0.2) is 0 Å². The van der Waals surface area contributed by atoms with E-state index in [4.69, 9.17) is 21.4 Å². The highest BCUT2D eigenvalue weighted by Crippen LogP contribution is 2.30. The van der Waals surface area contributed by atoms with Crippen LogP contribution in [-0.2, 0) is 6.54 Å². The number of benzene rings is 4. The van der Waals surface area contributed by atoms with E-state index in [1.54, 1.807) is 18.2 Å². The second kappa shape index (κ2) is 15.6. The molecule has 0 saturated carbocycles. The van der Waals surface area contributed by atoms with Crippen LogP contribution in [-0.4, -0.2) is 53.6 Å². The third kappa shape index (κ3) is 8.91. The van der Waals surface area contributed by atoms with Crippen LogP contribution in [0.15, 0.2) is 91.0 Å². The standard InChI is InChI=1S/C38H39ClN4O4/c1-26-5-3-8-35(39)36(26)37(44)41-27(2)17-20-42-21-18-32(19-22-42)43(25-29-7-4-6-28(23-29)24-40)31-11-15-34(16-12-31)47-33-13-9-30(10-14-33)38(45)46/h3-16,23,27,32H,17-22,25H2,1-2H3,(H,41,44)(H,45,46). The Bertz CT molecular complexity index is 1710. The number of ether oxygens (including phenoxy) is 1. The van der Waals surface area contributed by atoms with Gasteiger partial charge in [0.1, 0.15) is 11.5 Å². The monoisotopic (exact) mass is 650 g/mol. The Morgan fingerprint density at radius 1 is 1.02 bits per heavy atom. The van der Waals surface area contributed by atoms with Gasteiger partial charge in [-0.3, -0.25) is 4.79 Å². The molecule has 5 rings (SSSR count). The van der Waals surface area contributed by atoms with Crippen LogP contribution < -0.4 is 15.0 Å². The highest BCUT2D eigenvalue weighted by Gasteiger charge is 2.26. The third-order valence-electron chi connectivity index (χ3n) is 8.62. The van der Waals surface area contributed by atoms with Crippen LogP contribution in [0.2, 0.25) is 5.02 Å². The number of carbonyl (C=O) groups excluding carboxylic acids is 1. The minimum atomic E-state index is -0.977. The smallest absolute Gasteiger partial charge is 0.335 e. The molecule has 1 aliphatic heterocycles. The molecule has 1 aliphatic rings. The fourth-order valence-electron chi connectivity index (χ4n) is 5.99. The fourth-order valence-corrected chi connectivity index (χ4v) is 6.30. The van der Waals surface area contributed by atoms with Crippen LogP contribution in [0.4, 0.5) is 5.69 Å². The van der Waals surface area contributed by atoms with Gasteiger partial charge >= 0.3 is 5.97 Å². The average Bonchev–Trinajstić information content (AvgIpc) is 3.07. The van der Waals surface area contributed by atoms with E-state index < -0.39 is 5.97 Å². The fraction of sp³-hybridized carbons (Fsp3) is 0.289. The number of nitrogens with one attached hydrogen (secondary N) is 1. The summed E-state index contributed by atoms with van der Waals surface area (Å²) in [6.07, 6.45) is 2.79. The topological polar surface area (TPSA) is 106 Å². The molecule has 2 N–H and O–H groups in total. The predicted molar refractivity (Wildman–Crippen MR) is 184 cm³/mol. The molecule has 8 nitrogen and oxygen atoms in total. The van der Waals surface area contributed by atoms with Crippen LogP contribution in [0.5, 0.6) is 11.5 Å². The van der Waals surface area contributed by atoms with Crippen molar-refractivity contribution in [2.24, 2.45) is 0 Å². The molecule has 4 aromatic rings. The SMILES string of the molecule is Cc1cccc(Cl)c1C(=O)NC(C)CCN1CCC(N(Cc2cccc(C#N)c2)c2ccc(Oc3ccc(C(=O)O)cc3)cc2)CC1. The van der Waals surface area contributed by atoms with Gasteiger partial charge in [-0.25, -0.2) is 4.79 Å². The van der Waals surface area contributed by atoms with Crippen molar-refractivity contribution in [3.05, 3.63) is 124 Å². The van der Waals surface area contributed by atoms with Gasteiger partial charge in [0.25, 0.3) is 5.91 Å².